The van der Waals surface area contributed by atoms with Gasteiger partial charge < -0.3 is 13.3 Å². The van der Waals surface area contributed by atoms with Crippen molar-refractivity contribution < 1.29 is 13.3 Å². The lowest BCUT2D eigenvalue weighted by atomic mass is 10.4. The van der Waals surface area contributed by atoms with Crippen molar-refractivity contribution in [2.24, 2.45) is 0 Å². The summed E-state index contributed by atoms with van der Waals surface area (Å²) in [5, 5.41) is 0.767. The number of hydrogen-bond acceptors (Lipinski definition) is 3. The summed E-state index contributed by atoms with van der Waals surface area (Å²) in [5.74, 6) is 0. The van der Waals surface area contributed by atoms with E-state index < -0.39 is 18.2 Å². The van der Waals surface area contributed by atoms with Crippen molar-refractivity contribution in [2.75, 3.05) is 13.2 Å². The average molecular weight is 378 g/mol. The molecule has 0 fully saturated rings. The smallest absolute Gasteiger partial charge is 0.370 e. The first kappa shape index (κ1) is 18.5. The summed E-state index contributed by atoms with van der Waals surface area (Å²) in [5.41, 5.74) is -1.18. The maximum absolute atomic E-state index is 6.02. The molecule has 8 heteroatoms. The van der Waals surface area contributed by atoms with Crippen LogP contribution in [-0.2, 0) is 13.3 Å². The zero-order valence-electron chi connectivity index (χ0n) is 11.1. The van der Waals surface area contributed by atoms with Crippen molar-refractivity contribution in [3.8, 4) is 0 Å². The van der Waals surface area contributed by atoms with E-state index in [4.69, 9.17) is 59.7 Å². The number of rotatable bonds is 7. The van der Waals surface area contributed by atoms with E-state index in [2.05, 4.69) is 0 Å². The van der Waals surface area contributed by atoms with E-state index in [1.807, 2.05) is 44.2 Å². The highest BCUT2D eigenvalue weighted by Crippen LogP contribution is 2.36. The van der Waals surface area contributed by atoms with Crippen LogP contribution >= 0.6 is 46.4 Å². The first-order chi connectivity index (χ1) is 9.35. The highest BCUT2D eigenvalue weighted by molar-refractivity contribution is 6.76. The van der Waals surface area contributed by atoms with Gasteiger partial charge in [0.15, 0.2) is 5.56 Å². The lowest BCUT2D eigenvalue weighted by molar-refractivity contribution is 0.0714. The standard InChI is InChI=1S/C12H16Cl4O3Si/c1-3-17-20(18-4-2,10-8-6-5-7-9-10)19-11(13)12(14,15)16/h5-9,11H,3-4H2,1-2H3. The van der Waals surface area contributed by atoms with Gasteiger partial charge in [0.25, 0.3) is 0 Å². The second-order valence-corrected chi connectivity index (χ2v) is 9.03. The predicted octanol–water partition coefficient (Wildman–Crippen LogP) is 3.86. The van der Waals surface area contributed by atoms with Gasteiger partial charge in [-0.05, 0) is 13.8 Å². The zero-order valence-corrected chi connectivity index (χ0v) is 15.1. The fourth-order valence-electron chi connectivity index (χ4n) is 1.57. The number of alkyl halides is 4. The van der Waals surface area contributed by atoms with Crippen LogP contribution in [0.15, 0.2) is 30.3 Å². The van der Waals surface area contributed by atoms with E-state index in [0.29, 0.717) is 13.2 Å². The molecule has 0 heterocycles. The van der Waals surface area contributed by atoms with Crippen LogP contribution in [0.25, 0.3) is 0 Å². The Morgan fingerprint density at radius 3 is 1.95 bits per heavy atom. The van der Waals surface area contributed by atoms with Gasteiger partial charge >= 0.3 is 8.80 Å². The van der Waals surface area contributed by atoms with Gasteiger partial charge in [0.05, 0.1) is 0 Å². The van der Waals surface area contributed by atoms with Gasteiger partial charge in [-0.2, -0.15) is 0 Å². The largest absolute Gasteiger partial charge is 0.538 e. The highest BCUT2D eigenvalue weighted by atomic mass is 35.6. The van der Waals surface area contributed by atoms with Crippen LogP contribution in [0, 0.1) is 0 Å². The lowest BCUT2D eigenvalue weighted by Gasteiger charge is -2.32. The maximum atomic E-state index is 6.02. The summed E-state index contributed by atoms with van der Waals surface area (Å²) in [4.78, 5) is 0. The molecule has 0 aliphatic rings. The molecule has 0 radical (unpaired) electrons. The first-order valence-electron chi connectivity index (χ1n) is 6.07. The van der Waals surface area contributed by atoms with Gasteiger partial charge in [-0.15, -0.1) is 0 Å². The van der Waals surface area contributed by atoms with Crippen LogP contribution in [0.4, 0.5) is 0 Å². The summed E-state index contributed by atoms with van der Waals surface area (Å²) >= 11 is 23.3. The Bertz CT molecular complexity index is 393. The Balaban J connectivity index is 3.11. The number of benzene rings is 1. The normalized spacial score (nSPS) is 14.3. The minimum Gasteiger partial charge on any atom is -0.370 e. The molecular weight excluding hydrogens is 362 g/mol. The van der Waals surface area contributed by atoms with Crippen LogP contribution < -0.4 is 5.19 Å². The molecule has 114 valence electrons. The third-order valence-electron chi connectivity index (χ3n) is 2.31. The molecule has 1 unspecified atom stereocenters. The average Bonchev–Trinajstić information content (AvgIpc) is 2.39. The fourth-order valence-corrected chi connectivity index (χ4v) is 4.78. The van der Waals surface area contributed by atoms with E-state index in [9.17, 15) is 0 Å². The number of hydrogen-bond donors (Lipinski definition) is 0. The summed E-state index contributed by atoms with van der Waals surface area (Å²) in [6, 6.07) is 9.29. The predicted molar refractivity (Wildman–Crippen MR) is 86.1 cm³/mol. The third kappa shape index (κ3) is 5.04. The summed E-state index contributed by atoms with van der Waals surface area (Å²) in [6.07, 6.45) is 0. The minimum atomic E-state index is -3.23. The van der Waals surface area contributed by atoms with Gasteiger partial charge in [0.2, 0.25) is 3.79 Å². The molecule has 0 bridgehead atoms. The molecular formula is C12H16Cl4O3Si. The second kappa shape index (κ2) is 8.20. The molecule has 20 heavy (non-hydrogen) atoms. The Labute approximate surface area is 140 Å². The van der Waals surface area contributed by atoms with Gasteiger partial charge in [-0.25, -0.2) is 0 Å². The van der Waals surface area contributed by atoms with E-state index >= 15 is 0 Å². The molecule has 0 saturated carbocycles. The van der Waals surface area contributed by atoms with Crippen LogP contribution in [0.3, 0.4) is 0 Å². The molecule has 0 aliphatic heterocycles. The molecule has 1 atom stereocenters. The van der Waals surface area contributed by atoms with Gasteiger partial charge in [-0.1, -0.05) is 76.7 Å². The topological polar surface area (TPSA) is 27.7 Å². The molecule has 0 aromatic heterocycles. The fraction of sp³-hybridized carbons (Fsp3) is 0.500. The first-order valence-corrected chi connectivity index (χ1v) is 9.37. The molecule has 0 aliphatic carbocycles. The van der Waals surface area contributed by atoms with E-state index in [0.717, 1.165) is 5.19 Å². The Morgan fingerprint density at radius 1 is 1.05 bits per heavy atom. The molecule has 0 spiro atoms. The molecule has 0 saturated heterocycles. The molecule has 1 aromatic rings. The molecule has 3 nitrogen and oxygen atoms in total. The van der Waals surface area contributed by atoms with Crippen LogP contribution in [-0.4, -0.2) is 31.4 Å². The van der Waals surface area contributed by atoms with Crippen molar-refractivity contribution >= 4 is 60.4 Å². The Kier molecular flexibility index (Phi) is 7.60. The maximum Gasteiger partial charge on any atom is 0.538 e. The van der Waals surface area contributed by atoms with Crippen molar-refractivity contribution in [3.63, 3.8) is 0 Å². The van der Waals surface area contributed by atoms with Crippen LogP contribution in [0.1, 0.15) is 13.8 Å². The molecule has 1 rings (SSSR count). The van der Waals surface area contributed by atoms with Gasteiger partial charge in [0.1, 0.15) is 0 Å². The van der Waals surface area contributed by atoms with Gasteiger partial charge in [-0.3, -0.25) is 0 Å². The number of halogens is 4. The Morgan fingerprint density at radius 2 is 1.55 bits per heavy atom. The van der Waals surface area contributed by atoms with E-state index in [1.165, 1.54) is 0 Å². The zero-order chi connectivity index (χ0) is 15.2. The van der Waals surface area contributed by atoms with Crippen molar-refractivity contribution in [1.82, 2.24) is 0 Å². The van der Waals surface area contributed by atoms with E-state index in [1.54, 1.807) is 0 Å². The third-order valence-corrected chi connectivity index (χ3v) is 6.73. The molecule has 0 amide bonds. The van der Waals surface area contributed by atoms with E-state index in [-0.39, 0.29) is 0 Å². The molecule has 0 N–H and O–H groups in total. The Hall–Kier alpha value is 0.477. The minimum absolute atomic E-state index is 0.393. The van der Waals surface area contributed by atoms with Crippen molar-refractivity contribution in [2.45, 2.75) is 23.2 Å². The monoisotopic (exact) mass is 376 g/mol. The highest BCUT2D eigenvalue weighted by Gasteiger charge is 2.49. The SMILES string of the molecule is CCO[Si](OCC)(OC(Cl)C(Cl)(Cl)Cl)c1ccccc1. The quantitative estimate of drug-likeness (QED) is 0.533. The van der Waals surface area contributed by atoms with Crippen molar-refractivity contribution in [3.05, 3.63) is 30.3 Å². The lowest BCUT2D eigenvalue weighted by Crippen LogP contribution is -2.59. The van der Waals surface area contributed by atoms with Crippen molar-refractivity contribution in [1.29, 1.82) is 0 Å². The summed E-state index contributed by atoms with van der Waals surface area (Å²) in [7, 11) is -3.23. The molecule has 1 aromatic carbocycles. The summed E-state index contributed by atoms with van der Waals surface area (Å²) in [6.45, 7) is 4.46. The van der Waals surface area contributed by atoms with Crippen LogP contribution in [0.2, 0.25) is 0 Å². The van der Waals surface area contributed by atoms with Gasteiger partial charge in [0, 0.05) is 18.4 Å². The summed E-state index contributed by atoms with van der Waals surface area (Å²) < 4.78 is 15.5. The van der Waals surface area contributed by atoms with Crippen LogP contribution in [0.5, 0.6) is 0 Å². The second-order valence-electron chi connectivity index (χ2n) is 3.76.